The minimum Gasteiger partial charge on any atom is -0.340 e. The largest absolute Gasteiger partial charge is 0.340 e. The van der Waals surface area contributed by atoms with Crippen molar-refractivity contribution in [3.8, 4) is 6.07 Å². The number of hydrogen-bond donors (Lipinski definition) is 2. The maximum absolute atomic E-state index is 9.21. The Morgan fingerprint density at radius 1 is 0.920 bits per heavy atom. The molecular weight excluding hydrogens is 378 g/mol. The van der Waals surface area contributed by atoms with E-state index < -0.39 is 0 Å². The Bertz CT molecular complexity index is 962. The van der Waals surface area contributed by atoms with Crippen molar-refractivity contribution in [2.24, 2.45) is 0 Å². The average Bonchev–Trinajstić information content (AvgIpc) is 2.57. The lowest BCUT2D eigenvalue weighted by molar-refractivity contribution is 1.06. The molecule has 6 heteroatoms. The normalized spacial score (nSPS) is 10.2. The molecule has 5 nitrogen and oxygen atoms in total. The van der Waals surface area contributed by atoms with Gasteiger partial charge >= 0.3 is 0 Å². The van der Waals surface area contributed by atoms with E-state index in [1.54, 1.807) is 6.07 Å². The summed E-state index contributed by atoms with van der Waals surface area (Å²) in [5.74, 6) is 1.96. The Kier molecular flexibility index (Phi) is 4.96. The number of halogens is 1. The molecule has 2 aromatic carbocycles. The first-order chi connectivity index (χ1) is 12.0. The van der Waals surface area contributed by atoms with Gasteiger partial charge in [0.15, 0.2) is 0 Å². The fourth-order valence-electron chi connectivity index (χ4n) is 2.43. The molecule has 124 valence electrons. The van der Waals surface area contributed by atoms with Crippen LogP contribution in [0, 0.1) is 25.2 Å². The van der Waals surface area contributed by atoms with Crippen LogP contribution in [0.5, 0.6) is 0 Å². The van der Waals surface area contributed by atoms with Crippen molar-refractivity contribution in [1.82, 2.24) is 9.97 Å². The van der Waals surface area contributed by atoms with E-state index in [4.69, 9.17) is 0 Å². The minimum absolute atomic E-state index is 0.567. The van der Waals surface area contributed by atoms with Gasteiger partial charge in [0.1, 0.15) is 23.5 Å². The van der Waals surface area contributed by atoms with Crippen LogP contribution in [0.4, 0.5) is 23.0 Å². The van der Waals surface area contributed by atoms with Crippen LogP contribution in [0.15, 0.2) is 53.0 Å². The Morgan fingerprint density at radius 2 is 1.60 bits per heavy atom. The second-order valence-electron chi connectivity index (χ2n) is 5.55. The summed E-state index contributed by atoms with van der Waals surface area (Å²) in [4.78, 5) is 8.84. The number of rotatable bonds is 4. The lowest BCUT2D eigenvalue weighted by atomic mass is 10.2. The van der Waals surface area contributed by atoms with Gasteiger partial charge in [0.05, 0.1) is 11.3 Å². The first-order valence-corrected chi connectivity index (χ1v) is 8.49. The highest BCUT2D eigenvalue weighted by Gasteiger charge is 2.07. The molecule has 0 radical (unpaired) electrons. The Hall–Kier alpha value is -2.91. The first kappa shape index (κ1) is 16.9. The molecule has 1 heterocycles. The zero-order valence-electron chi connectivity index (χ0n) is 13.8. The molecule has 0 saturated carbocycles. The van der Waals surface area contributed by atoms with E-state index in [-0.39, 0.29) is 0 Å². The molecule has 3 rings (SSSR count). The van der Waals surface area contributed by atoms with Crippen LogP contribution in [0.2, 0.25) is 0 Å². The molecule has 0 aliphatic rings. The Balaban J connectivity index is 1.89. The summed E-state index contributed by atoms with van der Waals surface area (Å²) >= 11 is 3.47. The van der Waals surface area contributed by atoms with Gasteiger partial charge in [0.2, 0.25) is 0 Å². The van der Waals surface area contributed by atoms with E-state index in [2.05, 4.69) is 42.6 Å². The summed E-state index contributed by atoms with van der Waals surface area (Å²) in [6.07, 6.45) is 0. The van der Waals surface area contributed by atoms with Crippen LogP contribution in [-0.2, 0) is 0 Å². The first-order valence-electron chi connectivity index (χ1n) is 7.70. The summed E-state index contributed by atoms with van der Waals surface area (Å²) in [7, 11) is 0. The Morgan fingerprint density at radius 3 is 2.28 bits per heavy atom. The third-order valence-electron chi connectivity index (χ3n) is 3.60. The van der Waals surface area contributed by atoms with Gasteiger partial charge in [-0.15, -0.1) is 0 Å². The highest BCUT2D eigenvalue weighted by Crippen LogP contribution is 2.25. The van der Waals surface area contributed by atoms with E-state index >= 15 is 0 Å². The van der Waals surface area contributed by atoms with E-state index in [0.29, 0.717) is 28.7 Å². The number of aryl methyl sites for hydroxylation is 2. The van der Waals surface area contributed by atoms with Crippen molar-refractivity contribution in [3.05, 3.63) is 70.0 Å². The monoisotopic (exact) mass is 393 g/mol. The molecule has 0 unspecified atom stereocenters. The fraction of sp³-hybridized carbons (Fsp3) is 0.105. The molecule has 0 aliphatic carbocycles. The van der Waals surface area contributed by atoms with Crippen LogP contribution >= 0.6 is 15.9 Å². The van der Waals surface area contributed by atoms with Crippen molar-refractivity contribution in [2.75, 3.05) is 10.6 Å². The molecule has 0 saturated heterocycles. The second kappa shape index (κ2) is 7.32. The van der Waals surface area contributed by atoms with Gasteiger partial charge in [0, 0.05) is 16.2 Å². The number of nitrogens with zero attached hydrogens (tertiary/aromatic N) is 3. The van der Waals surface area contributed by atoms with Crippen LogP contribution in [0.1, 0.15) is 17.0 Å². The highest BCUT2D eigenvalue weighted by molar-refractivity contribution is 9.10. The summed E-state index contributed by atoms with van der Waals surface area (Å²) in [6.45, 7) is 3.87. The van der Waals surface area contributed by atoms with Crippen molar-refractivity contribution >= 4 is 38.9 Å². The molecule has 0 bridgehead atoms. The molecule has 0 atom stereocenters. The van der Waals surface area contributed by atoms with Gasteiger partial charge in [-0.3, -0.25) is 0 Å². The predicted molar refractivity (Wildman–Crippen MR) is 103 cm³/mol. The molecule has 1 aromatic heterocycles. The number of nitriles is 1. The van der Waals surface area contributed by atoms with Crippen molar-refractivity contribution in [2.45, 2.75) is 13.8 Å². The van der Waals surface area contributed by atoms with Gasteiger partial charge in [-0.25, -0.2) is 9.97 Å². The number of anilines is 4. The quantitative estimate of drug-likeness (QED) is 0.635. The van der Waals surface area contributed by atoms with Crippen LogP contribution in [0.3, 0.4) is 0 Å². The maximum atomic E-state index is 9.21. The van der Waals surface area contributed by atoms with Gasteiger partial charge in [-0.05, 0) is 49.7 Å². The summed E-state index contributed by atoms with van der Waals surface area (Å²) in [5.41, 5.74) is 3.37. The second-order valence-corrected chi connectivity index (χ2v) is 6.47. The lowest BCUT2D eigenvalue weighted by Crippen LogP contribution is -2.03. The van der Waals surface area contributed by atoms with Crippen LogP contribution in [-0.4, -0.2) is 9.97 Å². The summed E-state index contributed by atoms with van der Waals surface area (Å²) < 4.78 is 1.03. The van der Waals surface area contributed by atoms with E-state index in [1.807, 2.05) is 56.3 Å². The Labute approximate surface area is 154 Å². The van der Waals surface area contributed by atoms with Crippen LogP contribution < -0.4 is 10.6 Å². The molecular formula is C19H16BrN5. The van der Waals surface area contributed by atoms with Gasteiger partial charge in [0.25, 0.3) is 0 Å². The number of para-hydroxylation sites is 1. The SMILES string of the molecule is Cc1nc(Nc2ccc(Br)cc2C)cc(Nc2ccccc2C#N)n1. The van der Waals surface area contributed by atoms with E-state index in [1.165, 1.54) is 0 Å². The number of aromatic nitrogens is 2. The van der Waals surface area contributed by atoms with Crippen molar-refractivity contribution in [3.63, 3.8) is 0 Å². The summed E-state index contributed by atoms with van der Waals surface area (Å²) in [6, 6.07) is 17.3. The number of hydrogen-bond acceptors (Lipinski definition) is 5. The third-order valence-corrected chi connectivity index (χ3v) is 4.09. The van der Waals surface area contributed by atoms with Crippen LogP contribution in [0.25, 0.3) is 0 Å². The van der Waals surface area contributed by atoms with Crippen molar-refractivity contribution < 1.29 is 0 Å². The summed E-state index contributed by atoms with van der Waals surface area (Å²) in [5, 5.41) is 15.7. The molecule has 0 fully saturated rings. The molecule has 0 amide bonds. The average molecular weight is 394 g/mol. The zero-order chi connectivity index (χ0) is 17.8. The number of benzene rings is 2. The standard InChI is InChI=1S/C19H16BrN5/c1-12-9-15(20)7-8-16(12)24-18-10-19(23-13(2)22-18)25-17-6-4-3-5-14(17)11-21/h3-10H,1-2H3,(H2,22,23,24,25). The van der Waals surface area contributed by atoms with E-state index in [0.717, 1.165) is 15.7 Å². The number of nitrogens with one attached hydrogen (secondary N) is 2. The molecule has 3 aromatic rings. The fourth-order valence-corrected chi connectivity index (χ4v) is 2.90. The minimum atomic E-state index is 0.567. The van der Waals surface area contributed by atoms with Gasteiger partial charge in [-0.1, -0.05) is 28.1 Å². The van der Waals surface area contributed by atoms with Gasteiger partial charge in [-0.2, -0.15) is 5.26 Å². The molecule has 0 spiro atoms. The molecule has 0 aliphatic heterocycles. The topological polar surface area (TPSA) is 73.6 Å². The molecule has 25 heavy (non-hydrogen) atoms. The molecule has 2 N–H and O–H groups in total. The smallest absolute Gasteiger partial charge is 0.136 e. The lowest BCUT2D eigenvalue weighted by Gasteiger charge is -2.12. The maximum Gasteiger partial charge on any atom is 0.136 e. The van der Waals surface area contributed by atoms with E-state index in [9.17, 15) is 5.26 Å². The zero-order valence-corrected chi connectivity index (χ0v) is 15.4. The van der Waals surface area contributed by atoms with Crippen molar-refractivity contribution in [1.29, 1.82) is 5.26 Å². The predicted octanol–water partition coefficient (Wildman–Crippen LogP) is 5.21. The third kappa shape index (κ3) is 4.14. The van der Waals surface area contributed by atoms with Gasteiger partial charge < -0.3 is 10.6 Å². The highest BCUT2D eigenvalue weighted by atomic mass is 79.9.